The molecule has 0 aromatic carbocycles. The van der Waals surface area contributed by atoms with Gasteiger partial charge in [-0.2, -0.15) is 0 Å². The fraction of sp³-hybridized carbons (Fsp3) is 0. The molecule has 0 unspecified atom stereocenters. The van der Waals surface area contributed by atoms with Gasteiger partial charge in [-0.15, -0.1) is 0 Å². The Morgan fingerprint density at radius 2 is 2.31 bits per heavy atom. The van der Waals surface area contributed by atoms with Crippen molar-refractivity contribution in [2.75, 3.05) is 5.32 Å². The number of anilines is 1. The lowest BCUT2D eigenvalue weighted by Gasteiger charge is -1.97. The van der Waals surface area contributed by atoms with E-state index in [4.69, 9.17) is 5.11 Å². The van der Waals surface area contributed by atoms with Crippen molar-refractivity contribution in [1.82, 2.24) is 24.8 Å². The second kappa shape index (κ2) is 4.02. The molecule has 1 amide bonds. The normalized spacial score (nSPS) is 10.0. The van der Waals surface area contributed by atoms with Crippen molar-refractivity contribution in [3.05, 3.63) is 17.7 Å². The summed E-state index contributed by atoms with van der Waals surface area (Å²) in [5.74, 6) is -1.95. The molecule has 3 N–H and O–H groups in total. The molecular formula is C6H4N6O3S. The highest BCUT2D eigenvalue weighted by molar-refractivity contribution is 7.09. The molecule has 10 heteroatoms. The van der Waals surface area contributed by atoms with E-state index < -0.39 is 11.9 Å². The molecule has 9 nitrogen and oxygen atoms in total. The van der Waals surface area contributed by atoms with E-state index in [1.54, 1.807) is 0 Å². The number of hydrogen-bond acceptors (Lipinski definition) is 7. The van der Waals surface area contributed by atoms with Gasteiger partial charge in [-0.3, -0.25) is 10.1 Å². The fourth-order valence-electron chi connectivity index (χ4n) is 0.968. The first kappa shape index (κ1) is 10.2. The zero-order valence-electron chi connectivity index (χ0n) is 7.54. The summed E-state index contributed by atoms with van der Waals surface area (Å²) in [6, 6.07) is 0. The molecular weight excluding hydrogens is 236 g/mol. The number of aromatic nitrogens is 5. The third-order valence-electron chi connectivity index (χ3n) is 1.59. The number of aromatic amines is 1. The predicted molar refractivity (Wildman–Crippen MR) is 51.2 cm³/mol. The first-order valence-electron chi connectivity index (χ1n) is 3.91. The molecule has 0 aliphatic rings. The summed E-state index contributed by atoms with van der Waals surface area (Å²) < 4.78 is 3.44. The Balaban J connectivity index is 2.21. The topological polar surface area (TPSA) is 134 Å². The minimum Gasteiger partial charge on any atom is -0.477 e. The van der Waals surface area contributed by atoms with Crippen molar-refractivity contribution in [1.29, 1.82) is 0 Å². The van der Waals surface area contributed by atoms with Crippen LogP contribution in [-0.2, 0) is 0 Å². The number of rotatable bonds is 3. The maximum Gasteiger partial charge on any atom is 0.354 e. The number of carbonyl (C=O) groups excluding carboxylic acids is 1. The van der Waals surface area contributed by atoms with Gasteiger partial charge in [0.15, 0.2) is 11.4 Å². The second-order valence-corrected chi connectivity index (χ2v) is 3.29. The van der Waals surface area contributed by atoms with E-state index in [1.165, 1.54) is 0 Å². The molecule has 0 fully saturated rings. The highest BCUT2D eigenvalue weighted by Gasteiger charge is 2.20. The Labute approximate surface area is 91.7 Å². The van der Waals surface area contributed by atoms with Crippen molar-refractivity contribution in [2.45, 2.75) is 0 Å². The highest BCUT2D eigenvalue weighted by atomic mass is 32.1. The number of carboxylic acids is 1. The van der Waals surface area contributed by atoms with E-state index in [0.717, 1.165) is 17.9 Å². The van der Waals surface area contributed by atoms with Crippen LogP contribution in [0.15, 0.2) is 6.33 Å². The minimum atomic E-state index is -1.27. The third-order valence-corrected chi connectivity index (χ3v) is 2.10. The molecule has 0 radical (unpaired) electrons. The molecule has 0 spiro atoms. The number of aromatic carboxylic acids is 1. The third kappa shape index (κ3) is 1.86. The quantitative estimate of drug-likeness (QED) is 0.664. The number of carboxylic acid groups (broad SMARTS) is 1. The van der Waals surface area contributed by atoms with Crippen LogP contribution < -0.4 is 5.32 Å². The van der Waals surface area contributed by atoms with Crippen LogP contribution >= 0.6 is 11.5 Å². The van der Waals surface area contributed by atoms with Crippen molar-refractivity contribution >= 4 is 28.5 Å². The number of nitrogens with zero attached hydrogens (tertiary/aromatic N) is 4. The summed E-state index contributed by atoms with van der Waals surface area (Å²) in [5, 5.41) is 18.0. The van der Waals surface area contributed by atoms with Crippen LogP contribution in [0.25, 0.3) is 0 Å². The van der Waals surface area contributed by atoms with Crippen LogP contribution in [0.3, 0.4) is 0 Å². The summed E-state index contributed by atoms with van der Waals surface area (Å²) in [6.07, 6.45) is 1.12. The van der Waals surface area contributed by atoms with Gasteiger partial charge in [0.1, 0.15) is 0 Å². The van der Waals surface area contributed by atoms with E-state index in [0.29, 0.717) is 0 Å². The zero-order chi connectivity index (χ0) is 11.5. The van der Waals surface area contributed by atoms with Crippen LogP contribution in [0.5, 0.6) is 0 Å². The number of imidazole rings is 1. The van der Waals surface area contributed by atoms with Crippen molar-refractivity contribution in [3.63, 3.8) is 0 Å². The molecule has 0 aliphatic heterocycles. The van der Waals surface area contributed by atoms with Crippen molar-refractivity contribution in [3.8, 4) is 0 Å². The van der Waals surface area contributed by atoms with Gasteiger partial charge < -0.3 is 10.1 Å². The van der Waals surface area contributed by atoms with Crippen molar-refractivity contribution in [2.24, 2.45) is 0 Å². The Kier molecular flexibility index (Phi) is 2.55. The molecule has 0 aliphatic carbocycles. The van der Waals surface area contributed by atoms with Crippen molar-refractivity contribution < 1.29 is 14.7 Å². The Morgan fingerprint density at radius 3 is 2.94 bits per heavy atom. The SMILES string of the molecule is O=C(Nc1nnns1)c1nc[nH]c1C(=O)O. The zero-order valence-corrected chi connectivity index (χ0v) is 8.35. The fourth-order valence-corrected chi connectivity index (χ4v) is 1.33. The summed E-state index contributed by atoms with van der Waals surface area (Å²) in [4.78, 5) is 28.2. The van der Waals surface area contributed by atoms with Gasteiger partial charge in [-0.05, 0) is 5.21 Å². The van der Waals surface area contributed by atoms with E-state index in [-0.39, 0.29) is 16.5 Å². The number of carbonyl (C=O) groups is 2. The standard InChI is InChI=1S/C6H4N6O3S/c13-4(9-6-10-11-12-16-6)2-3(5(14)15)8-1-7-2/h1H,(H,7,8)(H,14,15)(H,9,10,12,13). The first-order chi connectivity index (χ1) is 7.68. The number of amides is 1. The van der Waals surface area contributed by atoms with Gasteiger partial charge in [0.05, 0.1) is 6.33 Å². The van der Waals surface area contributed by atoms with Crippen LogP contribution in [0.4, 0.5) is 5.13 Å². The summed E-state index contributed by atoms with van der Waals surface area (Å²) in [7, 11) is 0. The molecule has 2 heterocycles. The summed E-state index contributed by atoms with van der Waals surface area (Å²) in [5.41, 5.74) is -0.502. The number of hydrogen-bond donors (Lipinski definition) is 3. The molecule has 2 aromatic rings. The Bertz CT molecular complexity index is 520. The van der Waals surface area contributed by atoms with Crippen LogP contribution in [0.2, 0.25) is 0 Å². The maximum absolute atomic E-state index is 11.6. The largest absolute Gasteiger partial charge is 0.477 e. The highest BCUT2D eigenvalue weighted by Crippen LogP contribution is 2.09. The Hall–Kier alpha value is -2.36. The summed E-state index contributed by atoms with van der Waals surface area (Å²) in [6.45, 7) is 0. The molecule has 2 rings (SSSR count). The lowest BCUT2D eigenvalue weighted by atomic mass is 10.3. The number of H-pyrrole nitrogens is 1. The lowest BCUT2D eigenvalue weighted by Crippen LogP contribution is -2.16. The molecule has 16 heavy (non-hydrogen) atoms. The predicted octanol–water partition coefficient (Wildman–Crippen LogP) is -0.393. The summed E-state index contributed by atoms with van der Waals surface area (Å²) >= 11 is 0.873. The molecule has 82 valence electrons. The second-order valence-electron chi connectivity index (χ2n) is 2.55. The average molecular weight is 240 g/mol. The molecule has 0 saturated carbocycles. The van der Waals surface area contributed by atoms with E-state index in [1.807, 2.05) is 0 Å². The van der Waals surface area contributed by atoms with Gasteiger partial charge in [-0.1, -0.05) is 9.59 Å². The molecule has 0 atom stereocenters. The molecule has 0 saturated heterocycles. The molecule has 2 aromatic heterocycles. The van der Waals surface area contributed by atoms with Gasteiger partial charge in [-0.25, -0.2) is 9.78 Å². The minimum absolute atomic E-state index is 0.171. The van der Waals surface area contributed by atoms with E-state index in [9.17, 15) is 9.59 Å². The monoisotopic (exact) mass is 240 g/mol. The van der Waals surface area contributed by atoms with Crippen LogP contribution in [0, 0.1) is 0 Å². The van der Waals surface area contributed by atoms with Gasteiger partial charge in [0.25, 0.3) is 5.91 Å². The van der Waals surface area contributed by atoms with Gasteiger partial charge in [0.2, 0.25) is 5.13 Å². The lowest BCUT2D eigenvalue weighted by molar-refractivity contribution is 0.0686. The van der Waals surface area contributed by atoms with Crippen LogP contribution in [0.1, 0.15) is 21.0 Å². The smallest absolute Gasteiger partial charge is 0.354 e. The first-order valence-corrected chi connectivity index (χ1v) is 4.69. The van der Waals surface area contributed by atoms with E-state index in [2.05, 4.69) is 30.1 Å². The van der Waals surface area contributed by atoms with Gasteiger partial charge in [0, 0.05) is 11.5 Å². The number of nitrogens with one attached hydrogen (secondary N) is 2. The van der Waals surface area contributed by atoms with Crippen LogP contribution in [-0.4, -0.2) is 41.8 Å². The van der Waals surface area contributed by atoms with E-state index >= 15 is 0 Å². The maximum atomic E-state index is 11.6. The Morgan fingerprint density at radius 1 is 1.50 bits per heavy atom. The average Bonchev–Trinajstić information content (AvgIpc) is 2.86. The molecule has 0 bridgehead atoms. The van der Waals surface area contributed by atoms with Gasteiger partial charge >= 0.3 is 5.97 Å².